The number of benzene rings is 1. The molecule has 1 aromatic carbocycles. The van der Waals surface area contributed by atoms with Crippen LogP contribution in [0.25, 0.3) is 0 Å². The van der Waals surface area contributed by atoms with Gasteiger partial charge >= 0.3 is 0 Å². The molecule has 0 radical (unpaired) electrons. The first-order valence-corrected chi connectivity index (χ1v) is 8.40. The minimum absolute atomic E-state index is 1.04. The first-order chi connectivity index (χ1) is 7.29. The number of hydrogen-bond acceptors (Lipinski definition) is 1. The van der Waals surface area contributed by atoms with Crippen molar-refractivity contribution >= 4 is 40.1 Å². The molecule has 1 fully saturated rings. The molecule has 0 atom stereocenters. The molecule has 1 heterocycles. The van der Waals surface area contributed by atoms with Crippen LogP contribution in [0.5, 0.6) is 0 Å². The highest BCUT2D eigenvalue weighted by Gasteiger charge is 2.17. The average Bonchev–Trinajstić information content (AvgIpc) is 2.30. The highest BCUT2D eigenvalue weighted by Crippen LogP contribution is 2.47. The number of rotatable bonds is 2. The van der Waals surface area contributed by atoms with Crippen molar-refractivity contribution in [3.05, 3.63) is 24.3 Å². The molecule has 4 heteroatoms. The Morgan fingerprint density at radius 1 is 1.00 bits per heavy atom. The van der Waals surface area contributed by atoms with Crippen LogP contribution in [0.15, 0.2) is 24.3 Å². The molecular formula is C11H14Cl2NP. The zero-order valence-electron chi connectivity index (χ0n) is 8.50. The third-order valence-corrected chi connectivity index (χ3v) is 4.60. The lowest BCUT2D eigenvalue weighted by molar-refractivity contribution is 0.578. The van der Waals surface area contributed by atoms with E-state index in [9.17, 15) is 0 Å². The van der Waals surface area contributed by atoms with E-state index in [1.54, 1.807) is 0 Å². The van der Waals surface area contributed by atoms with Crippen LogP contribution in [0.3, 0.4) is 0 Å². The van der Waals surface area contributed by atoms with Gasteiger partial charge in [0.05, 0.1) is 0 Å². The normalized spacial score (nSPS) is 17.1. The van der Waals surface area contributed by atoms with Crippen LogP contribution >= 0.6 is 29.1 Å². The van der Waals surface area contributed by atoms with Crippen LogP contribution in [-0.2, 0) is 0 Å². The lowest BCUT2D eigenvalue weighted by Gasteiger charge is -2.30. The molecule has 0 amide bonds. The Balaban J connectivity index is 2.25. The number of piperidine rings is 1. The van der Waals surface area contributed by atoms with Gasteiger partial charge in [-0.1, -0.05) is 40.7 Å². The van der Waals surface area contributed by atoms with E-state index >= 15 is 0 Å². The van der Waals surface area contributed by atoms with Crippen LogP contribution in [0.4, 0.5) is 5.69 Å². The Labute approximate surface area is 102 Å². The zero-order valence-corrected chi connectivity index (χ0v) is 10.9. The van der Waals surface area contributed by atoms with E-state index in [4.69, 9.17) is 22.5 Å². The SMILES string of the molecule is ClP(Cl)c1ccccc1N1CCCCC1. The van der Waals surface area contributed by atoms with Crippen molar-refractivity contribution in [2.75, 3.05) is 18.0 Å². The maximum absolute atomic E-state index is 6.03. The van der Waals surface area contributed by atoms with Crippen molar-refractivity contribution in [2.45, 2.75) is 19.3 Å². The lowest BCUT2D eigenvalue weighted by Crippen LogP contribution is -2.32. The van der Waals surface area contributed by atoms with Gasteiger partial charge in [0, 0.05) is 24.1 Å². The predicted octanol–water partition coefficient (Wildman–Crippen LogP) is 4.09. The molecule has 1 saturated heterocycles. The van der Waals surface area contributed by atoms with E-state index in [1.807, 2.05) is 12.1 Å². The first-order valence-electron chi connectivity index (χ1n) is 5.25. The van der Waals surface area contributed by atoms with Crippen molar-refractivity contribution in [3.63, 3.8) is 0 Å². The maximum atomic E-state index is 6.03. The summed E-state index contributed by atoms with van der Waals surface area (Å²) >= 11 is 12.1. The average molecular weight is 262 g/mol. The van der Waals surface area contributed by atoms with Gasteiger partial charge in [0.25, 0.3) is 0 Å². The second-order valence-corrected chi connectivity index (χ2v) is 7.26. The molecule has 1 aliphatic heterocycles. The molecule has 0 bridgehead atoms. The fraction of sp³-hybridized carbons (Fsp3) is 0.455. The molecule has 1 aromatic rings. The van der Waals surface area contributed by atoms with E-state index in [1.165, 1.54) is 24.9 Å². The van der Waals surface area contributed by atoms with E-state index in [-0.39, 0.29) is 0 Å². The summed E-state index contributed by atoms with van der Waals surface area (Å²) in [6.07, 6.45) is 3.89. The molecular weight excluding hydrogens is 248 g/mol. The van der Waals surface area contributed by atoms with Crippen molar-refractivity contribution in [1.29, 1.82) is 0 Å². The molecule has 0 aromatic heterocycles. The summed E-state index contributed by atoms with van der Waals surface area (Å²) in [5.74, 6) is 0. The molecule has 0 spiro atoms. The van der Waals surface area contributed by atoms with Gasteiger partial charge in [-0.25, -0.2) is 0 Å². The summed E-state index contributed by atoms with van der Waals surface area (Å²) in [5, 5.41) is 1.10. The largest absolute Gasteiger partial charge is 0.371 e. The van der Waals surface area contributed by atoms with E-state index < -0.39 is 6.63 Å². The number of hydrogen-bond donors (Lipinski definition) is 0. The standard InChI is InChI=1S/C11H14Cl2NP/c12-15(13)11-7-3-2-6-10(11)14-8-4-1-5-9-14/h2-3,6-7H,1,4-5,8-9H2. The number of nitrogens with zero attached hydrogens (tertiary/aromatic N) is 1. The third-order valence-electron chi connectivity index (χ3n) is 2.76. The van der Waals surface area contributed by atoms with E-state index in [0.717, 1.165) is 18.4 Å². The van der Waals surface area contributed by atoms with Gasteiger partial charge in [-0.3, -0.25) is 0 Å². The van der Waals surface area contributed by atoms with Gasteiger partial charge in [0.15, 0.2) is 0 Å². The highest BCUT2D eigenvalue weighted by molar-refractivity contribution is 8.09. The molecule has 0 N–H and O–H groups in total. The molecule has 1 nitrogen and oxygen atoms in total. The van der Waals surface area contributed by atoms with E-state index in [2.05, 4.69) is 17.0 Å². The Bertz CT molecular complexity index is 324. The number of anilines is 1. The predicted molar refractivity (Wildman–Crippen MR) is 70.8 cm³/mol. The van der Waals surface area contributed by atoms with Crippen molar-refractivity contribution in [2.24, 2.45) is 0 Å². The minimum Gasteiger partial charge on any atom is -0.371 e. The Morgan fingerprint density at radius 3 is 2.33 bits per heavy atom. The summed E-state index contributed by atoms with van der Waals surface area (Å²) in [5.41, 5.74) is 1.23. The molecule has 1 aliphatic rings. The van der Waals surface area contributed by atoms with Gasteiger partial charge in [-0.05, 0) is 25.3 Å². The first kappa shape index (κ1) is 11.5. The smallest absolute Gasteiger partial charge is 0.119 e. The number of para-hydroxylation sites is 1. The van der Waals surface area contributed by atoms with Crippen molar-refractivity contribution in [1.82, 2.24) is 0 Å². The van der Waals surface area contributed by atoms with Crippen molar-refractivity contribution in [3.8, 4) is 0 Å². The van der Waals surface area contributed by atoms with Crippen LogP contribution < -0.4 is 10.2 Å². The van der Waals surface area contributed by atoms with Crippen LogP contribution in [-0.4, -0.2) is 13.1 Å². The molecule has 0 aliphatic carbocycles. The minimum atomic E-state index is -1.04. The van der Waals surface area contributed by atoms with Crippen LogP contribution in [0, 0.1) is 0 Å². The van der Waals surface area contributed by atoms with Gasteiger partial charge < -0.3 is 4.90 Å². The van der Waals surface area contributed by atoms with Gasteiger partial charge in [-0.15, -0.1) is 0 Å². The van der Waals surface area contributed by atoms with Crippen LogP contribution in [0.2, 0.25) is 0 Å². The molecule has 0 saturated carbocycles. The van der Waals surface area contributed by atoms with Gasteiger partial charge in [0.1, 0.15) is 6.63 Å². The zero-order chi connectivity index (χ0) is 10.7. The Hall–Kier alpha value is 0.0300. The monoisotopic (exact) mass is 261 g/mol. The van der Waals surface area contributed by atoms with Gasteiger partial charge in [0.2, 0.25) is 0 Å². The second kappa shape index (κ2) is 5.39. The summed E-state index contributed by atoms with van der Waals surface area (Å²) < 4.78 is 0. The van der Waals surface area contributed by atoms with Crippen LogP contribution in [0.1, 0.15) is 19.3 Å². The lowest BCUT2D eigenvalue weighted by atomic mass is 10.1. The van der Waals surface area contributed by atoms with Gasteiger partial charge in [-0.2, -0.15) is 0 Å². The summed E-state index contributed by atoms with van der Waals surface area (Å²) in [7, 11) is 0. The molecule has 0 unspecified atom stereocenters. The summed E-state index contributed by atoms with van der Waals surface area (Å²) in [6.45, 7) is 1.23. The maximum Gasteiger partial charge on any atom is 0.119 e. The van der Waals surface area contributed by atoms with Crippen molar-refractivity contribution < 1.29 is 0 Å². The Morgan fingerprint density at radius 2 is 1.67 bits per heavy atom. The second-order valence-electron chi connectivity index (χ2n) is 3.77. The van der Waals surface area contributed by atoms with E-state index in [0.29, 0.717) is 0 Å². The third kappa shape index (κ3) is 2.78. The quantitative estimate of drug-likeness (QED) is 0.725. The Kier molecular flexibility index (Phi) is 4.13. The fourth-order valence-corrected chi connectivity index (χ4v) is 3.45. The molecule has 15 heavy (non-hydrogen) atoms. The summed E-state index contributed by atoms with van der Waals surface area (Å²) in [4.78, 5) is 2.40. The highest BCUT2D eigenvalue weighted by atomic mass is 35.9. The topological polar surface area (TPSA) is 3.24 Å². The number of halogens is 2. The molecule has 2 rings (SSSR count). The fourth-order valence-electron chi connectivity index (χ4n) is 2.01. The molecule has 82 valence electrons. The summed E-state index contributed by atoms with van der Waals surface area (Å²) in [6, 6.07) is 8.22.